The van der Waals surface area contributed by atoms with Crippen LogP contribution in [0.25, 0.3) is 6.08 Å². The molecule has 0 aromatic heterocycles. The zero-order chi connectivity index (χ0) is 21.9. The van der Waals surface area contributed by atoms with E-state index in [0.29, 0.717) is 23.7 Å². The molecule has 0 fully saturated rings. The standard InChI is InChI=1S/C23H24N2O5/c1-4-15-29-21-12-5-18(6-13-21)7-14-22(27)30-16(2)23(28)25-20-10-8-19(9-11-20)24-17(3)26/h4-14,16H,1,15H2,2-3H3,(H,24,26)(H,25,28)/b14-7+. The molecule has 1 unspecified atom stereocenters. The van der Waals surface area contributed by atoms with Crippen molar-refractivity contribution in [1.29, 1.82) is 0 Å². The van der Waals surface area contributed by atoms with Crippen LogP contribution in [0, 0.1) is 0 Å². The Bertz CT molecular complexity index is 918. The zero-order valence-electron chi connectivity index (χ0n) is 16.9. The fourth-order valence-corrected chi connectivity index (χ4v) is 2.35. The van der Waals surface area contributed by atoms with E-state index in [1.807, 2.05) is 0 Å². The molecule has 156 valence electrons. The summed E-state index contributed by atoms with van der Waals surface area (Å²) in [5, 5.41) is 5.28. The molecule has 2 rings (SSSR count). The number of amides is 2. The summed E-state index contributed by atoms with van der Waals surface area (Å²) < 4.78 is 10.5. The predicted molar refractivity (Wildman–Crippen MR) is 116 cm³/mol. The number of carbonyl (C=O) groups is 3. The summed E-state index contributed by atoms with van der Waals surface area (Å²) in [4.78, 5) is 35.2. The van der Waals surface area contributed by atoms with E-state index in [2.05, 4.69) is 17.2 Å². The Morgan fingerprint density at radius 1 is 1.00 bits per heavy atom. The van der Waals surface area contributed by atoms with E-state index >= 15 is 0 Å². The highest BCUT2D eigenvalue weighted by Crippen LogP contribution is 2.15. The normalized spacial score (nSPS) is 11.4. The highest BCUT2D eigenvalue weighted by molar-refractivity contribution is 5.97. The molecule has 2 N–H and O–H groups in total. The number of benzene rings is 2. The van der Waals surface area contributed by atoms with Crippen molar-refractivity contribution >= 4 is 35.2 Å². The van der Waals surface area contributed by atoms with Crippen molar-refractivity contribution in [3.05, 3.63) is 72.8 Å². The molecule has 0 aliphatic heterocycles. The summed E-state index contributed by atoms with van der Waals surface area (Å²) in [6.45, 7) is 6.90. The number of nitrogens with one attached hydrogen (secondary N) is 2. The molecule has 2 aromatic carbocycles. The third kappa shape index (κ3) is 7.63. The van der Waals surface area contributed by atoms with Crippen molar-refractivity contribution in [3.63, 3.8) is 0 Å². The van der Waals surface area contributed by atoms with Gasteiger partial charge < -0.3 is 20.1 Å². The van der Waals surface area contributed by atoms with Gasteiger partial charge >= 0.3 is 5.97 Å². The van der Waals surface area contributed by atoms with Crippen LogP contribution in [-0.2, 0) is 19.1 Å². The second-order valence-electron chi connectivity index (χ2n) is 6.33. The topological polar surface area (TPSA) is 93.7 Å². The Labute approximate surface area is 175 Å². The minimum atomic E-state index is -0.980. The van der Waals surface area contributed by atoms with Gasteiger partial charge in [-0.05, 0) is 55.0 Å². The molecule has 0 radical (unpaired) electrons. The maximum Gasteiger partial charge on any atom is 0.331 e. The Balaban J connectivity index is 1.83. The molecule has 0 aliphatic rings. The molecular weight excluding hydrogens is 384 g/mol. The predicted octanol–water partition coefficient (Wildman–Crippen LogP) is 3.79. The number of carbonyl (C=O) groups excluding carboxylic acids is 3. The molecule has 0 aliphatic carbocycles. The highest BCUT2D eigenvalue weighted by atomic mass is 16.5. The fraction of sp³-hybridized carbons (Fsp3) is 0.174. The van der Waals surface area contributed by atoms with Gasteiger partial charge in [0, 0.05) is 24.4 Å². The second-order valence-corrected chi connectivity index (χ2v) is 6.33. The van der Waals surface area contributed by atoms with E-state index in [0.717, 1.165) is 5.56 Å². The molecule has 7 heteroatoms. The lowest BCUT2D eigenvalue weighted by atomic mass is 10.2. The van der Waals surface area contributed by atoms with Gasteiger partial charge in [-0.25, -0.2) is 4.79 Å². The molecule has 0 spiro atoms. The van der Waals surface area contributed by atoms with Gasteiger partial charge in [0.2, 0.25) is 5.91 Å². The van der Waals surface area contributed by atoms with E-state index in [1.165, 1.54) is 19.9 Å². The average Bonchev–Trinajstić information content (AvgIpc) is 2.72. The molecule has 2 aromatic rings. The van der Waals surface area contributed by atoms with Gasteiger partial charge in [-0.15, -0.1) is 0 Å². The average molecular weight is 408 g/mol. The highest BCUT2D eigenvalue weighted by Gasteiger charge is 2.16. The smallest absolute Gasteiger partial charge is 0.331 e. The molecule has 30 heavy (non-hydrogen) atoms. The van der Waals surface area contributed by atoms with E-state index in [4.69, 9.17) is 9.47 Å². The molecule has 2 amide bonds. The number of hydrogen-bond donors (Lipinski definition) is 2. The van der Waals surface area contributed by atoms with Crippen LogP contribution in [0.4, 0.5) is 11.4 Å². The van der Waals surface area contributed by atoms with Gasteiger partial charge in [0.1, 0.15) is 12.4 Å². The van der Waals surface area contributed by atoms with Crippen LogP contribution in [0.1, 0.15) is 19.4 Å². The fourth-order valence-electron chi connectivity index (χ4n) is 2.35. The van der Waals surface area contributed by atoms with E-state index in [1.54, 1.807) is 60.7 Å². The first kappa shape index (κ1) is 22.4. The van der Waals surface area contributed by atoms with Gasteiger partial charge in [0.25, 0.3) is 5.91 Å². The monoisotopic (exact) mass is 408 g/mol. The zero-order valence-corrected chi connectivity index (χ0v) is 16.9. The number of anilines is 2. The van der Waals surface area contributed by atoms with Gasteiger partial charge in [-0.3, -0.25) is 9.59 Å². The summed E-state index contributed by atoms with van der Waals surface area (Å²) >= 11 is 0. The molecule has 1 atom stereocenters. The second kappa shape index (κ2) is 11.2. The lowest BCUT2D eigenvalue weighted by Gasteiger charge is -2.12. The minimum absolute atomic E-state index is 0.183. The van der Waals surface area contributed by atoms with Crippen LogP contribution < -0.4 is 15.4 Å². The van der Waals surface area contributed by atoms with Crippen molar-refractivity contribution in [1.82, 2.24) is 0 Å². The molecule has 0 heterocycles. The Kier molecular flexibility index (Phi) is 8.38. The Morgan fingerprint density at radius 2 is 1.60 bits per heavy atom. The van der Waals surface area contributed by atoms with Crippen LogP contribution in [0.2, 0.25) is 0 Å². The summed E-state index contributed by atoms with van der Waals surface area (Å²) in [5.41, 5.74) is 1.92. The molecule has 0 saturated heterocycles. The van der Waals surface area contributed by atoms with Crippen LogP contribution in [0.15, 0.2) is 67.3 Å². The largest absolute Gasteiger partial charge is 0.490 e. The molecule has 7 nitrogen and oxygen atoms in total. The van der Waals surface area contributed by atoms with Gasteiger partial charge in [-0.2, -0.15) is 0 Å². The van der Waals surface area contributed by atoms with Gasteiger partial charge in [0.05, 0.1) is 0 Å². The number of rotatable bonds is 9. The lowest BCUT2D eigenvalue weighted by Crippen LogP contribution is -2.29. The summed E-state index contributed by atoms with van der Waals surface area (Å²) in [6, 6.07) is 13.7. The van der Waals surface area contributed by atoms with Crippen molar-refractivity contribution < 1.29 is 23.9 Å². The van der Waals surface area contributed by atoms with E-state index in [9.17, 15) is 14.4 Å². The van der Waals surface area contributed by atoms with Gasteiger partial charge in [0.15, 0.2) is 6.10 Å². The third-order valence-corrected chi connectivity index (χ3v) is 3.79. The first-order valence-electron chi connectivity index (χ1n) is 9.28. The maximum absolute atomic E-state index is 12.2. The minimum Gasteiger partial charge on any atom is -0.490 e. The lowest BCUT2D eigenvalue weighted by molar-refractivity contribution is -0.148. The molecular formula is C23H24N2O5. The summed E-state index contributed by atoms with van der Waals surface area (Å²) in [7, 11) is 0. The van der Waals surface area contributed by atoms with E-state index in [-0.39, 0.29) is 5.91 Å². The number of hydrogen-bond acceptors (Lipinski definition) is 5. The molecule has 0 saturated carbocycles. The van der Waals surface area contributed by atoms with Crippen LogP contribution in [0.3, 0.4) is 0 Å². The first-order chi connectivity index (χ1) is 14.4. The third-order valence-electron chi connectivity index (χ3n) is 3.79. The number of esters is 1. The Hall–Kier alpha value is -3.87. The maximum atomic E-state index is 12.2. The van der Waals surface area contributed by atoms with Crippen LogP contribution in [0.5, 0.6) is 5.75 Å². The molecule has 0 bridgehead atoms. The summed E-state index contributed by atoms with van der Waals surface area (Å²) in [6.07, 6.45) is 3.52. The van der Waals surface area contributed by atoms with Crippen molar-refractivity contribution in [3.8, 4) is 5.75 Å². The number of ether oxygens (including phenoxy) is 2. The first-order valence-corrected chi connectivity index (χ1v) is 9.28. The van der Waals surface area contributed by atoms with Crippen LogP contribution in [-0.4, -0.2) is 30.5 Å². The van der Waals surface area contributed by atoms with Gasteiger partial charge in [-0.1, -0.05) is 24.8 Å². The SMILES string of the molecule is C=CCOc1ccc(/C=C/C(=O)OC(C)C(=O)Nc2ccc(NC(C)=O)cc2)cc1. The summed E-state index contributed by atoms with van der Waals surface area (Å²) in [5.74, 6) is -0.583. The van der Waals surface area contributed by atoms with Crippen molar-refractivity contribution in [2.24, 2.45) is 0 Å². The van der Waals surface area contributed by atoms with E-state index < -0.39 is 18.0 Å². The quantitative estimate of drug-likeness (QED) is 0.374. The van der Waals surface area contributed by atoms with Crippen molar-refractivity contribution in [2.75, 3.05) is 17.2 Å². The van der Waals surface area contributed by atoms with Crippen LogP contribution >= 0.6 is 0 Å². The Morgan fingerprint density at radius 3 is 2.17 bits per heavy atom. The van der Waals surface area contributed by atoms with Crippen molar-refractivity contribution in [2.45, 2.75) is 20.0 Å².